The molecule has 38 heavy (non-hydrogen) atoms. The molecule has 0 radical (unpaired) electrons. The number of aliphatic hydroxyl groups excluding tert-OH is 1. The second-order valence-corrected chi connectivity index (χ2v) is 9.73. The summed E-state index contributed by atoms with van der Waals surface area (Å²) in [7, 11) is 0. The molecule has 2 aliphatic heterocycles. The van der Waals surface area contributed by atoms with Crippen LogP contribution in [0.4, 0.5) is 0 Å². The maximum Gasteiger partial charge on any atom is 0.295 e. The maximum absolute atomic E-state index is 13.4. The molecule has 5 rings (SSSR count). The number of morpholine rings is 1. The number of pyridine rings is 1. The first-order valence-corrected chi connectivity index (χ1v) is 13.2. The Hall–Kier alpha value is -3.69. The molecular weight excluding hydrogens is 484 g/mol. The van der Waals surface area contributed by atoms with Crippen LogP contribution in [0.15, 0.2) is 48.2 Å². The number of aromatic nitrogens is 2. The molecule has 2 aliphatic rings. The van der Waals surface area contributed by atoms with Crippen LogP contribution in [-0.2, 0) is 14.3 Å². The maximum atomic E-state index is 13.4. The molecule has 1 amide bonds. The molecule has 0 saturated carbocycles. The van der Waals surface area contributed by atoms with Crippen molar-refractivity contribution in [3.05, 3.63) is 70.7 Å². The fourth-order valence-corrected chi connectivity index (χ4v) is 5.33. The first-order valence-electron chi connectivity index (χ1n) is 13.2. The average molecular weight is 519 g/mol. The SMILES string of the molecule is CCOc1ccc(C2C(=C(O)c3nc4c(C)cccn4c3C)C(=O)C(=O)N2CCCN2CCOCC2)cc1. The van der Waals surface area contributed by atoms with Crippen molar-refractivity contribution in [3.63, 3.8) is 0 Å². The van der Waals surface area contributed by atoms with Crippen LogP contribution in [0.3, 0.4) is 0 Å². The fraction of sp³-hybridized carbons (Fsp3) is 0.414. The molecule has 2 fully saturated rings. The van der Waals surface area contributed by atoms with Gasteiger partial charge in [-0.15, -0.1) is 0 Å². The van der Waals surface area contributed by atoms with Gasteiger partial charge in [0.25, 0.3) is 11.7 Å². The van der Waals surface area contributed by atoms with E-state index in [2.05, 4.69) is 9.88 Å². The van der Waals surface area contributed by atoms with Gasteiger partial charge in [-0.1, -0.05) is 18.2 Å². The van der Waals surface area contributed by atoms with Crippen LogP contribution in [0.1, 0.15) is 41.9 Å². The number of imidazole rings is 1. The lowest BCUT2D eigenvalue weighted by atomic mass is 9.96. The van der Waals surface area contributed by atoms with Gasteiger partial charge in [0.1, 0.15) is 17.1 Å². The summed E-state index contributed by atoms with van der Waals surface area (Å²) in [4.78, 5) is 35.3. The molecule has 1 N–H and O–H groups in total. The van der Waals surface area contributed by atoms with Crippen molar-refractivity contribution in [2.24, 2.45) is 0 Å². The van der Waals surface area contributed by atoms with E-state index in [0.717, 1.165) is 30.8 Å². The number of carbonyl (C=O) groups excluding carboxylic acids is 2. The van der Waals surface area contributed by atoms with Crippen LogP contribution < -0.4 is 4.74 Å². The van der Waals surface area contributed by atoms with Gasteiger partial charge in [-0.05, 0) is 56.5 Å². The van der Waals surface area contributed by atoms with Crippen molar-refractivity contribution in [2.45, 2.75) is 33.2 Å². The molecule has 9 nitrogen and oxygen atoms in total. The summed E-state index contributed by atoms with van der Waals surface area (Å²) >= 11 is 0. The number of fused-ring (bicyclic) bond motifs is 1. The van der Waals surface area contributed by atoms with E-state index in [0.29, 0.717) is 55.6 Å². The quantitative estimate of drug-likeness (QED) is 0.277. The predicted molar refractivity (Wildman–Crippen MR) is 143 cm³/mol. The van der Waals surface area contributed by atoms with E-state index in [9.17, 15) is 14.7 Å². The molecule has 4 heterocycles. The van der Waals surface area contributed by atoms with Crippen molar-refractivity contribution >= 4 is 23.1 Å². The van der Waals surface area contributed by atoms with Gasteiger partial charge in [-0.2, -0.15) is 0 Å². The minimum Gasteiger partial charge on any atom is -0.505 e. The van der Waals surface area contributed by atoms with Gasteiger partial charge in [-0.3, -0.25) is 14.5 Å². The largest absolute Gasteiger partial charge is 0.505 e. The van der Waals surface area contributed by atoms with E-state index in [-0.39, 0.29) is 11.3 Å². The number of benzene rings is 1. The van der Waals surface area contributed by atoms with Crippen LogP contribution in [-0.4, -0.2) is 82.0 Å². The summed E-state index contributed by atoms with van der Waals surface area (Å²) in [5.41, 5.74) is 3.45. The number of aryl methyl sites for hydroxylation is 2. The summed E-state index contributed by atoms with van der Waals surface area (Å²) in [6.07, 6.45) is 2.57. The van der Waals surface area contributed by atoms with Crippen LogP contribution >= 0.6 is 0 Å². The Balaban J connectivity index is 1.54. The molecule has 0 bridgehead atoms. The second kappa shape index (κ2) is 11.0. The van der Waals surface area contributed by atoms with Gasteiger partial charge in [0.05, 0.1) is 37.1 Å². The van der Waals surface area contributed by atoms with Gasteiger partial charge < -0.3 is 23.9 Å². The molecular formula is C29H34N4O5. The van der Waals surface area contributed by atoms with Crippen molar-refractivity contribution in [1.29, 1.82) is 0 Å². The Morgan fingerprint density at radius 3 is 2.53 bits per heavy atom. The number of likely N-dealkylation sites (tertiary alicyclic amines) is 1. The monoisotopic (exact) mass is 518 g/mol. The Morgan fingerprint density at radius 1 is 1.11 bits per heavy atom. The summed E-state index contributed by atoms with van der Waals surface area (Å²) < 4.78 is 12.9. The van der Waals surface area contributed by atoms with Crippen LogP contribution in [0, 0.1) is 13.8 Å². The number of Topliss-reactive ketones (excluding diaryl/α,β-unsaturated/α-hetero) is 1. The molecule has 3 aromatic rings. The minimum atomic E-state index is -0.722. The van der Waals surface area contributed by atoms with Gasteiger partial charge in [0.15, 0.2) is 5.76 Å². The molecule has 200 valence electrons. The lowest BCUT2D eigenvalue weighted by Gasteiger charge is -2.29. The zero-order valence-electron chi connectivity index (χ0n) is 22.1. The fourth-order valence-electron chi connectivity index (χ4n) is 5.33. The molecule has 9 heteroatoms. The highest BCUT2D eigenvalue weighted by Crippen LogP contribution is 2.40. The van der Waals surface area contributed by atoms with Crippen molar-refractivity contribution in [1.82, 2.24) is 19.2 Å². The molecule has 1 atom stereocenters. The number of hydrogen-bond donors (Lipinski definition) is 1. The number of carbonyl (C=O) groups is 2. The predicted octanol–water partition coefficient (Wildman–Crippen LogP) is 3.49. The Kier molecular flexibility index (Phi) is 7.49. The third kappa shape index (κ3) is 4.79. The summed E-state index contributed by atoms with van der Waals surface area (Å²) in [5, 5.41) is 11.6. The minimum absolute atomic E-state index is 0.0645. The van der Waals surface area contributed by atoms with E-state index in [4.69, 9.17) is 9.47 Å². The molecule has 0 spiro atoms. The lowest BCUT2D eigenvalue weighted by Crippen LogP contribution is -2.38. The smallest absolute Gasteiger partial charge is 0.295 e. The summed E-state index contributed by atoms with van der Waals surface area (Å²) in [6.45, 7) is 10.5. The van der Waals surface area contributed by atoms with Gasteiger partial charge in [0.2, 0.25) is 0 Å². The first kappa shape index (κ1) is 25.9. The van der Waals surface area contributed by atoms with Gasteiger partial charge in [0, 0.05) is 32.4 Å². The molecule has 2 aromatic heterocycles. The topological polar surface area (TPSA) is 96.6 Å². The molecule has 0 aliphatic carbocycles. The lowest BCUT2D eigenvalue weighted by molar-refractivity contribution is -0.140. The number of ether oxygens (including phenoxy) is 2. The number of ketones is 1. The molecule has 1 unspecified atom stereocenters. The van der Waals surface area contributed by atoms with E-state index < -0.39 is 17.7 Å². The highest BCUT2D eigenvalue weighted by Gasteiger charge is 2.46. The third-order valence-electron chi connectivity index (χ3n) is 7.33. The highest BCUT2D eigenvalue weighted by molar-refractivity contribution is 6.46. The van der Waals surface area contributed by atoms with E-state index >= 15 is 0 Å². The van der Waals surface area contributed by atoms with E-state index in [1.807, 2.05) is 67.8 Å². The number of hydrogen-bond acceptors (Lipinski definition) is 7. The summed E-state index contributed by atoms with van der Waals surface area (Å²) in [6, 6.07) is 10.5. The Bertz CT molecular complexity index is 1370. The zero-order valence-corrected chi connectivity index (χ0v) is 22.1. The molecule has 1 aromatic carbocycles. The standard InChI is InChI=1S/C29H34N4O5/c1-4-38-22-10-8-21(9-11-22)25-23(26(34)24-20(3)32-13-5-7-19(2)28(32)30-24)27(35)29(36)33(25)14-6-12-31-15-17-37-18-16-31/h5,7-11,13,25,34H,4,6,12,14-18H2,1-3H3. The van der Waals surface area contributed by atoms with E-state index in [1.165, 1.54) is 0 Å². The van der Waals surface area contributed by atoms with Crippen LogP contribution in [0.2, 0.25) is 0 Å². The first-order chi connectivity index (χ1) is 18.4. The van der Waals surface area contributed by atoms with Gasteiger partial charge in [-0.25, -0.2) is 4.98 Å². The average Bonchev–Trinajstić information content (AvgIpc) is 3.40. The van der Waals surface area contributed by atoms with E-state index in [1.54, 1.807) is 4.90 Å². The van der Waals surface area contributed by atoms with Crippen LogP contribution in [0.5, 0.6) is 5.75 Å². The Labute approximate surface area is 222 Å². The normalized spacial score (nSPS) is 20.0. The second-order valence-electron chi connectivity index (χ2n) is 9.73. The van der Waals surface area contributed by atoms with Crippen LogP contribution in [0.25, 0.3) is 11.4 Å². The number of amides is 1. The van der Waals surface area contributed by atoms with Gasteiger partial charge >= 0.3 is 0 Å². The van der Waals surface area contributed by atoms with Crippen molar-refractivity contribution in [2.75, 3.05) is 46.0 Å². The third-order valence-corrected chi connectivity index (χ3v) is 7.33. The number of nitrogens with zero attached hydrogens (tertiary/aromatic N) is 4. The van der Waals surface area contributed by atoms with Crippen molar-refractivity contribution in [3.8, 4) is 5.75 Å². The number of rotatable bonds is 8. The Morgan fingerprint density at radius 2 is 1.84 bits per heavy atom. The van der Waals surface area contributed by atoms with Crippen molar-refractivity contribution < 1.29 is 24.2 Å². The highest BCUT2D eigenvalue weighted by atomic mass is 16.5. The number of aliphatic hydroxyl groups is 1. The summed E-state index contributed by atoms with van der Waals surface area (Å²) in [5.74, 6) is -0.850. The zero-order chi connectivity index (χ0) is 26.8. The molecule has 2 saturated heterocycles.